The number of fused-ring (bicyclic) bond motifs is 2. The smallest absolute Gasteiger partial charge is 0.337 e. The van der Waals surface area contributed by atoms with Gasteiger partial charge in [-0.15, -0.1) is 0 Å². The molecule has 1 N–H and O–H groups in total. The van der Waals surface area contributed by atoms with E-state index in [0.717, 1.165) is 34.0 Å². The van der Waals surface area contributed by atoms with Gasteiger partial charge in [0, 0.05) is 46.5 Å². The number of rotatable bonds is 5. The lowest BCUT2D eigenvalue weighted by Crippen LogP contribution is -2.65. The first-order valence-electron chi connectivity index (χ1n) is 13.6. The molecule has 0 radical (unpaired) electrons. The summed E-state index contributed by atoms with van der Waals surface area (Å²) in [6.07, 6.45) is -4.17. The maximum absolute atomic E-state index is 13.1. The number of hydrogen-bond donors (Lipinski definition) is 1. The summed E-state index contributed by atoms with van der Waals surface area (Å²) in [5.41, 5.74) is -3.53. The van der Waals surface area contributed by atoms with Crippen LogP contribution in [0.4, 0.5) is 0 Å². The number of carbonyl (C=O) groups excluding carboxylic acids is 6. The Morgan fingerprint density at radius 3 is 2.00 bits per heavy atom. The van der Waals surface area contributed by atoms with Crippen LogP contribution in [-0.4, -0.2) is 84.2 Å². The molecule has 1 aliphatic heterocycles. The maximum Gasteiger partial charge on any atom is 0.337 e. The van der Waals surface area contributed by atoms with Crippen molar-refractivity contribution in [2.45, 2.75) is 97.4 Å². The Bertz CT molecular complexity index is 1220. The first kappa shape index (κ1) is 32.8. The molecule has 0 saturated carbocycles. The monoisotopic (exact) mass is 594 g/mol. The summed E-state index contributed by atoms with van der Waals surface area (Å²) in [6.45, 7) is 9.30. The fourth-order valence-corrected chi connectivity index (χ4v) is 6.50. The highest BCUT2D eigenvalue weighted by molar-refractivity contribution is 5.90. The van der Waals surface area contributed by atoms with E-state index in [-0.39, 0.29) is 18.4 Å². The van der Waals surface area contributed by atoms with Crippen LogP contribution in [0, 0.1) is 17.3 Å². The van der Waals surface area contributed by atoms with Crippen LogP contribution in [-0.2, 0) is 57.2 Å². The Hall–Kier alpha value is -3.74. The van der Waals surface area contributed by atoms with E-state index in [1.807, 2.05) is 0 Å². The third-order valence-electron chi connectivity index (χ3n) is 8.45. The lowest BCUT2D eigenvalue weighted by atomic mass is 9.56. The van der Waals surface area contributed by atoms with Crippen molar-refractivity contribution in [3.05, 3.63) is 23.3 Å². The average molecular weight is 595 g/mol. The number of carbonyl (C=O) groups is 6. The second-order valence-electron chi connectivity index (χ2n) is 11.2. The van der Waals surface area contributed by atoms with Crippen molar-refractivity contribution in [1.82, 2.24) is 0 Å². The molecule has 0 bridgehead atoms. The highest BCUT2D eigenvalue weighted by Gasteiger charge is 2.67. The second kappa shape index (κ2) is 12.2. The summed E-state index contributed by atoms with van der Waals surface area (Å²) in [5.74, 6) is -7.18. The van der Waals surface area contributed by atoms with Gasteiger partial charge in [0.1, 0.15) is 24.4 Å². The summed E-state index contributed by atoms with van der Waals surface area (Å²) in [5, 5.41) is 12.5. The highest BCUT2D eigenvalue weighted by atomic mass is 16.6. The Morgan fingerprint density at radius 2 is 1.48 bits per heavy atom. The lowest BCUT2D eigenvalue weighted by Gasteiger charge is -2.54. The molecule has 13 nitrogen and oxygen atoms in total. The molecule has 1 heterocycles. The zero-order valence-corrected chi connectivity index (χ0v) is 25.0. The normalized spacial score (nSPS) is 37.3. The molecule has 42 heavy (non-hydrogen) atoms. The molecule has 1 saturated heterocycles. The van der Waals surface area contributed by atoms with Gasteiger partial charge in [0.05, 0.1) is 24.0 Å². The second-order valence-corrected chi connectivity index (χ2v) is 11.2. The third-order valence-corrected chi connectivity index (χ3v) is 8.45. The van der Waals surface area contributed by atoms with E-state index in [0.29, 0.717) is 5.57 Å². The predicted octanol–water partition coefficient (Wildman–Crippen LogP) is 1.48. The number of methoxy groups -OCH3 is 1. The maximum atomic E-state index is 13.1. The number of esters is 6. The minimum absolute atomic E-state index is 0.147. The van der Waals surface area contributed by atoms with Crippen LogP contribution in [0.2, 0.25) is 0 Å². The number of aliphatic hydroxyl groups is 1. The largest absolute Gasteiger partial charge is 0.466 e. The molecule has 0 aromatic heterocycles. The van der Waals surface area contributed by atoms with Crippen LogP contribution in [0.1, 0.15) is 61.3 Å². The van der Waals surface area contributed by atoms with Crippen LogP contribution in [0.25, 0.3) is 0 Å². The first-order valence-corrected chi connectivity index (χ1v) is 13.6. The van der Waals surface area contributed by atoms with Gasteiger partial charge in [0.25, 0.3) is 0 Å². The Labute approximate surface area is 243 Å². The van der Waals surface area contributed by atoms with Crippen LogP contribution in [0.3, 0.4) is 0 Å². The van der Waals surface area contributed by atoms with Gasteiger partial charge in [0.2, 0.25) is 0 Å². The minimum Gasteiger partial charge on any atom is -0.466 e. The van der Waals surface area contributed by atoms with Crippen molar-refractivity contribution in [2.75, 3.05) is 7.11 Å². The van der Waals surface area contributed by atoms with Crippen molar-refractivity contribution in [3.8, 4) is 0 Å². The summed E-state index contributed by atoms with van der Waals surface area (Å²) >= 11 is 0. The molecule has 0 amide bonds. The minimum atomic E-state index is -2.31. The highest BCUT2D eigenvalue weighted by Crippen LogP contribution is 2.55. The Morgan fingerprint density at radius 1 is 0.929 bits per heavy atom. The summed E-state index contributed by atoms with van der Waals surface area (Å²) < 4.78 is 33.4. The standard InChI is InChI=1S/C29H38O13/c1-13-9-10-21(39-16(4)31)28(7)22(40-17(5)32)12-20(38-15(3)30)19(27(35)37-8)11-23-29(36,14(2)26(34)42-23)25(24(13)28)41-18(6)33/h9,11,14,20-25,36H,10,12H2,1-8H3/b19-11+/t14-,20+,21-,22-,23-,24+,25-,28+,29-/m0/s1. The van der Waals surface area contributed by atoms with Gasteiger partial charge in [0.15, 0.2) is 11.7 Å². The van der Waals surface area contributed by atoms with E-state index < -0.39 is 89.2 Å². The van der Waals surface area contributed by atoms with E-state index in [4.69, 9.17) is 28.4 Å². The SMILES string of the molecule is COC(=O)/C1=C/[C@@H]2OC(=O)[C@H](C)[C@@]2(O)[C@@H](OC(C)=O)[C@H]2C(C)=CC[C@H](OC(C)=O)[C@]2(C)[C@@H](OC(C)=O)C[C@H]1OC(C)=O. The van der Waals surface area contributed by atoms with Crippen molar-refractivity contribution in [3.63, 3.8) is 0 Å². The Balaban J connectivity index is 2.50. The van der Waals surface area contributed by atoms with Crippen molar-refractivity contribution < 1.29 is 62.3 Å². The fourth-order valence-electron chi connectivity index (χ4n) is 6.50. The molecule has 232 valence electrons. The van der Waals surface area contributed by atoms with E-state index in [1.165, 1.54) is 13.8 Å². The molecule has 1 fully saturated rings. The number of hydrogen-bond acceptors (Lipinski definition) is 13. The van der Waals surface area contributed by atoms with Gasteiger partial charge in [-0.2, -0.15) is 0 Å². The van der Waals surface area contributed by atoms with Gasteiger partial charge < -0.3 is 33.5 Å². The molecule has 3 aliphatic rings. The molecule has 0 aromatic rings. The third kappa shape index (κ3) is 5.92. The molecule has 13 heteroatoms. The summed E-state index contributed by atoms with van der Waals surface area (Å²) in [6, 6.07) is 0. The van der Waals surface area contributed by atoms with Crippen LogP contribution < -0.4 is 0 Å². The Kier molecular flexibility index (Phi) is 9.55. The molecule has 2 aliphatic carbocycles. The molecular weight excluding hydrogens is 556 g/mol. The van der Waals surface area contributed by atoms with Crippen LogP contribution in [0.15, 0.2) is 23.3 Å². The van der Waals surface area contributed by atoms with E-state index in [1.54, 1.807) is 19.9 Å². The molecule has 0 spiro atoms. The molecular formula is C29H38O13. The van der Waals surface area contributed by atoms with Gasteiger partial charge >= 0.3 is 35.8 Å². The molecule has 9 atom stereocenters. The van der Waals surface area contributed by atoms with Gasteiger partial charge in [-0.25, -0.2) is 4.79 Å². The van der Waals surface area contributed by atoms with E-state index in [2.05, 4.69) is 0 Å². The number of ether oxygens (including phenoxy) is 6. The van der Waals surface area contributed by atoms with Gasteiger partial charge in [-0.3, -0.25) is 24.0 Å². The molecule has 0 unspecified atom stereocenters. The fraction of sp³-hybridized carbons (Fsp3) is 0.655. The molecule has 3 rings (SSSR count). The zero-order chi connectivity index (χ0) is 31.7. The van der Waals surface area contributed by atoms with Gasteiger partial charge in [-0.1, -0.05) is 18.6 Å². The lowest BCUT2D eigenvalue weighted by molar-refractivity contribution is -0.218. The quantitative estimate of drug-likeness (QED) is 0.275. The van der Waals surface area contributed by atoms with Crippen molar-refractivity contribution in [1.29, 1.82) is 0 Å². The summed E-state index contributed by atoms with van der Waals surface area (Å²) in [4.78, 5) is 75.8. The first-order chi connectivity index (χ1) is 19.5. The van der Waals surface area contributed by atoms with Crippen molar-refractivity contribution in [2.24, 2.45) is 17.3 Å². The average Bonchev–Trinajstić information content (AvgIpc) is 3.09. The zero-order valence-electron chi connectivity index (χ0n) is 25.0. The molecule has 0 aromatic carbocycles. The van der Waals surface area contributed by atoms with Crippen LogP contribution in [0.5, 0.6) is 0 Å². The summed E-state index contributed by atoms with van der Waals surface area (Å²) in [7, 11) is 1.08. The van der Waals surface area contributed by atoms with E-state index in [9.17, 15) is 33.9 Å². The predicted molar refractivity (Wildman–Crippen MR) is 141 cm³/mol. The topological polar surface area (TPSA) is 178 Å². The van der Waals surface area contributed by atoms with Gasteiger partial charge in [-0.05, 0) is 19.9 Å². The van der Waals surface area contributed by atoms with Crippen LogP contribution >= 0.6 is 0 Å². The van der Waals surface area contributed by atoms with Crippen molar-refractivity contribution >= 4 is 35.8 Å². The van der Waals surface area contributed by atoms with E-state index >= 15 is 0 Å².